The van der Waals surface area contributed by atoms with Gasteiger partial charge in [0.2, 0.25) is 0 Å². The van der Waals surface area contributed by atoms with E-state index in [1.165, 1.54) is 21.9 Å². The average molecular weight is 369 g/mol. The second-order valence-electron chi connectivity index (χ2n) is 3.72. The number of hydrogen-bond donors (Lipinski definition) is 1. The van der Waals surface area contributed by atoms with Gasteiger partial charge in [-0.25, -0.2) is 4.39 Å². The standard InChI is InChI=1S/C12H9BrCl2FNS/c1-6-9(13)4-8(18-6)5-17-7-2-10(14)12(16)11(15)3-7/h2-4,17H,5H2,1H3. The van der Waals surface area contributed by atoms with Crippen molar-refractivity contribution in [1.29, 1.82) is 0 Å². The molecule has 0 bridgehead atoms. The van der Waals surface area contributed by atoms with E-state index in [4.69, 9.17) is 23.2 Å². The summed E-state index contributed by atoms with van der Waals surface area (Å²) >= 11 is 16.6. The number of aryl methyl sites for hydroxylation is 1. The van der Waals surface area contributed by atoms with Crippen LogP contribution in [0.1, 0.15) is 9.75 Å². The van der Waals surface area contributed by atoms with Gasteiger partial charge in [0, 0.05) is 26.5 Å². The summed E-state index contributed by atoms with van der Waals surface area (Å²) in [4.78, 5) is 2.40. The maximum Gasteiger partial charge on any atom is 0.160 e. The Morgan fingerprint density at radius 2 is 1.89 bits per heavy atom. The number of anilines is 1. The van der Waals surface area contributed by atoms with Crippen molar-refractivity contribution in [2.24, 2.45) is 0 Å². The molecule has 0 unspecified atom stereocenters. The number of benzene rings is 1. The molecule has 2 rings (SSSR count). The Hall–Kier alpha value is -0.290. The van der Waals surface area contributed by atoms with Gasteiger partial charge in [0.05, 0.1) is 10.0 Å². The molecule has 1 aromatic carbocycles. The molecule has 0 spiro atoms. The minimum Gasteiger partial charge on any atom is -0.380 e. The third-order valence-corrected chi connectivity index (χ3v) is 5.05. The minimum atomic E-state index is -0.585. The van der Waals surface area contributed by atoms with Crippen LogP contribution in [0.4, 0.5) is 10.1 Å². The van der Waals surface area contributed by atoms with Crippen LogP contribution in [0.3, 0.4) is 0 Å². The van der Waals surface area contributed by atoms with Crippen LogP contribution in [0.2, 0.25) is 10.0 Å². The van der Waals surface area contributed by atoms with Crippen LogP contribution in [-0.2, 0) is 6.54 Å². The van der Waals surface area contributed by atoms with Gasteiger partial charge in [0.25, 0.3) is 0 Å². The minimum absolute atomic E-state index is 0.0218. The lowest BCUT2D eigenvalue weighted by atomic mass is 10.3. The van der Waals surface area contributed by atoms with Gasteiger partial charge < -0.3 is 5.32 Å². The van der Waals surface area contributed by atoms with E-state index in [-0.39, 0.29) is 10.0 Å². The first-order chi connectivity index (χ1) is 8.47. The normalized spacial score (nSPS) is 10.7. The summed E-state index contributed by atoms with van der Waals surface area (Å²) < 4.78 is 14.3. The van der Waals surface area contributed by atoms with Crippen molar-refractivity contribution in [1.82, 2.24) is 0 Å². The van der Waals surface area contributed by atoms with Crippen molar-refractivity contribution in [3.63, 3.8) is 0 Å². The predicted molar refractivity (Wildman–Crippen MR) is 80.5 cm³/mol. The Labute approximate surface area is 127 Å². The van der Waals surface area contributed by atoms with Gasteiger partial charge in [-0.3, -0.25) is 0 Å². The van der Waals surface area contributed by atoms with Crippen molar-refractivity contribution in [2.75, 3.05) is 5.32 Å². The molecule has 1 heterocycles. The van der Waals surface area contributed by atoms with Crippen LogP contribution in [0, 0.1) is 12.7 Å². The Balaban J connectivity index is 2.11. The van der Waals surface area contributed by atoms with Crippen molar-refractivity contribution in [2.45, 2.75) is 13.5 Å². The highest BCUT2D eigenvalue weighted by molar-refractivity contribution is 9.10. The average Bonchev–Trinajstić information content (AvgIpc) is 2.63. The van der Waals surface area contributed by atoms with Crippen LogP contribution in [-0.4, -0.2) is 0 Å². The lowest BCUT2D eigenvalue weighted by Gasteiger charge is -2.07. The Bertz CT molecular complexity index is 543. The fourth-order valence-corrected chi connectivity index (χ4v) is 3.48. The van der Waals surface area contributed by atoms with E-state index in [9.17, 15) is 4.39 Å². The molecule has 2 aromatic rings. The van der Waals surface area contributed by atoms with Crippen molar-refractivity contribution in [3.8, 4) is 0 Å². The summed E-state index contributed by atoms with van der Waals surface area (Å²) in [5, 5.41) is 3.21. The second kappa shape index (κ2) is 5.78. The Morgan fingerprint density at radius 1 is 1.28 bits per heavy atom. The van der Waals surface area contributed by atoms with Crippen LogP contribution in [0.5, 0.6) is 0 Å². The highest BCUT2D eigenvalue weighted by atomic mass is 79.9. The van der Waals surface area contributed by atoms with Gasteiger partial charge in [-0.1, -0.05) is 23.2 Å². The third-order valence-electron chi connectivity index (χ3n) is 2.36. The smallest absolute Gasteiger partial charge is 0.160 e. The van der Waals surface area contributed by atoms with Gasteiger partial charge in [-0.15, -0.1) is 11.3 Å². The number of thiophene rings is 1. The molecule has 1 aromatic heterocycles. The monoisotopic (exact) mass is 367 g/mol. The fourth-order valence-electron chi connectivity index (χ4n) is 1.45. The van der Waals surface area contributed by atoms with E-state index in [1.807, 2.05) is 6.92 Å². The largest absolute Gasteiger partial charge is 0.380 e. The zero-order chi connectivity index (χ0) is 13.3. The summed E-state index contributed by atoms with van der Waals surface area (Å²) in [6.07, 6.45) is 0. The second-order valence-corrected chi connectivity index (χ2v) is 6.73. The molecule has 0 aliphatic heterocycles. The number of nitrogens with one attached hydrogen (secondary N) is 1. The molecule has 0 aliphatic carbocycles. The van der Waals surface area contributed by atoms with Crippen LogP contribution in [0.15, 0.2) is 22.7 Å². The molecule has 6 heteroatoms. The lowest BCUT2D eigenvalue weighted by molar-refractivity contribution is 0.629. The zero-order valence-electron chi connectivity index (χ0n) is 9.36. The van der Waals surface area contributed by atoms with Gasteiger partial charge >= 0.3 is 0 Å². The maximum absolute atomic E-state index is 13.2. The van der Waals surface area contributed by atoms with Crippen molar-refractivity contribution in [3.05, 3.63) is 48.3 Å². The van der Waals surface area contributed by atoms with Crippen molar-refractivity contribution < 1.29 is 4.39 Å². The topological polar surface area (TPSA) is 12.0 Å². The maximum atomic E-state index is 13.2. The fraction of sp³-hybridized carbons (Fsp3) is 0.167. The number of halogens is 4. The molecule has 1 nitrogen and oxygen atoms in total. The zero-order valence-corrected chi connectivity index (χ0v) is 13.3. The molecule has 0 radical (unpaired) electrons. The molecule has 96 valence electrons. The lowest BCUT2D eigenvalue weighted by Crippen LogP contribution is -1.98. The van der Waals surface area contributed by atoms with E-state index in [1.54, 1.807) is 11.3 Å². The van der Waals surface area contributed by atoms with E-state index >= 15 is 0 Å². The highest BCUT2D eigenvalue weighted by Gasteiger charge is 2.08. The van der Waals surface area contributed by atoms with Gasteiger partial charge in [0.1, 0.15) is 0 Å². The molecule has 0 amide bonds. The molecular formula is C12H9BrCl2FNS. The van der Waals surface area contributed by atoms with Crippen molar-refractivity contribution >= 4 is 56.2 Å². The van der Waals surface area contributed by atoms with E-state index < -0.39 is 5.82 Å². The van der Waals surface area contributed by atoms with Crippen LogP contribution in [0.25, 0.3) is 0 Å². The number of hydrogen-bond acceptors (Lipinski definition) is 2. The summed E-state index contributed by atoms with van der Waals surface area (Å²) in [6.45, 7) is 2.69. The molecule has 0 fully saturated rings. The first-order valence-corrected chi connectivity index (χ1v) is 7.47. The molecule has 0 saturated heterocycles. The molecule has 18 heavy (non-hydrogen) atoms. The van der Waals surface area contributed by atoms with E-state index in [0.717, 1.165) is 4.47 Å². The number of rotatable bonds is 3. The highest BCUT2D eigenvalue weighted by Crippen LogP contribution is 2.29. The van der Waals surface area contributed by atoms with Gasteiger partial charge in [-0.2, -0.15) is 0 Å². The first kappa shape index (κ1) is 14.1. The molecule has 0 aliphatic rings. The van der Waals surface area contributed by atoms with E-state index in [2.05, 4.69) is 27.3 Å². The van der Waals surface area contributed by atoms with Gasteiger partial charge in [0.15, 0.2) is 5.82 Å². The van der Waals surface area contributed by atoms with Gasteiger partial charge in [-0.05, 0) is 41.1 Å². The molecular weight excluding hydrogens is 360 g/mol. The van der Waals surface area contributed by atoms with Crippen LogP contribution >= 0.6 is 50.5 Å². The van der Waals surface area contributed by atoms with Crippen LogP contribution < -0.4 is 5.32 Å². The van der Waals surface area contributed by atoms with E-state index in [0.29, 0.717) is 12.2 Å². The summed E-state index contributed by atoms with van der Waals surface area (Å²) in [7, 11) is 0. The quantitative estimate of drug-likeness (QED) is 0.667. The molecule has 0 saturated carbocycles. The third kappa shape index (κ3) is 3.18. The first-order valence-electron chi connectivity index (χ1n) is 5.10. The summed E-state index contributed by atoms with van der Waals surface area (Å²) in [5.74, 6) is -0.585. The predicted octanol–water partition coefficient (Wildman–Crippen LogP) is 5.88. The molecule has 0 atom stereocenters. The Morgan fingerprint density at radius 3 is 2.39 bits per heavy atom. The molecule has 1 N–H and O–H groups in total. The summed E-state index contributed by atoms with van der Waals surface area (Å²) in [5.41, 5.74) is 0.702. The Kier molecular flexibility index (Phi) is 4.54. The summed E-state index contributed by atoms with van der Waals surface area (Å²) in [6, 6.07) is 5.11. The SMILES string of the molecule is Cc1sc(CNc2cc(Cl)c(F)c(Cl)c2)cc1Br.